The number of halogens is 3. The van der Waals surface area contributed by atoms with Gasteiger partial charge < -0.3 is 4.40 Å². The van der Waals surface area contributed by atoms with E-state index in [1.165, 1.54) is 0 Å². The second-order valence-corrected chi connectivity index (χ2v) is 5.87. The van der Waals surface area contributed by atoms with Gasteiger partial charge in [-0.3, -0.25) is 4.90 Å². The summed E-state index contributed by atoms with van der Waals surface area (Å²) in [7, 11) is 0. The van der Waals surface area contributed by atoms with Gasteiger partial charge in [0, 0.05) is 43.1 Å². The zero-order valence-corrected chi connectivity index (χ0v) is 11.9. The van der Waals surface area contributed by atoms with Crippen LogP contribution in [0.3, 0.4) is 0 Å². The Labute approximate surface area is 118 Å². The molecule has 102 valence electrons. The third-order valence-corrected chi connectivity index (χ3v) is 3.99. The molecule has 0 aliphatic carbocycles. The minimum atomic E-state index is -2.49. The van der Waals surface area contributed by atoms with Gasteiger partial charge in [-0.15, -0.1) is 0 Å². The van der Waals surface area contributed by atoms with Crippen LogP contribution in [0.2, 0.25) is 0 Å². The van der Waals surface area contributed by atoms with E-state index in [1.54, 1.807) is 0 Å². The van der Waals surface area contributed by atoms with E-state index in [4.69, 9.17) is 0 Å². The molecular weight excluding hydrogens is 316 g/mol. The van der Waals surface area contributed by atoms with Crippen molar-refractivity contribution in [3.05, 3.63) is 34.7 Å². The lowest BCUT2D eigenvalue weighted by Crippen LogP contribution is -2.39. The van der Waals surface area contributed by atoms with Crippen LogP contribution in [-0.2, 0) is 6.54 Å². The van der Waals surface area contributed by atoms with Gasteiger partial charge in [0.05, 0.1) is 11.9 Å². The molecular formula is C13H14BrF2N3. The highest BCUT2D eigenvalue weighted by Gasteiger charge is 2.33. The first-order valence-electron chi connectivity index (χ1n) is 6.25. The van der Waals surface area contributed by atoms with Crippen molar-refractivity contribution in [1.82, 2.24) is 14.3 Å². The van der Waals surface area contributed by atoms with Crippen molar-refractivity contribution >= 4 is 21.6 Å². The van der Waals surface area contributed by atoms with Crippen molar-refractivity contribution in [2.45, 2.75) is 25.3 Å². The van der Waals surface area contributed by atoms with Crippen molar-refractivity contribution in [3.8, 4) is 0 Å². The molecule has 0 bridgehead atoms. The molecule has 2 aromatic heterocycles. The summed E-state index contributed by atoms with van der Waals surface area (Å²) in [4.78, 5) is 6.38. The highest BCUT2D eigenvalue weighted by atomic mass is 79.9. The standard InChI is InChI=1S/C13H14BrF2N3/c14-10-1-2-12-17-7-11(19(12)8-10)9-18-5-3-13(15,16)4-6-18/h1-2,7-8H,3-6,9H2. The number of hydrogen-bond donors (Lipinski definition) is 0. The molecule has 0 unspecified atom stereocenters. The Balaban J connectivity index is 1.77. The summed E-state index contributed by atoms with van der Waals surface area (Å²) < 4.78 is 29.2. The molecule has 0 spiro atoms. The van der Waals surface area contributed by atoms with Gasteiger partial charge in [0.15, 0.2) is 0 Å². The molecule has 0 amide bonds. The smallest absolute Gasteiger partial charge is 0.250 e. The van der Waals surface area contributed by atoms with Crippen LogP contribution in [0.25, 0.3) is 5.65 Å². The van der Waals surface area contributed by atoms with E-state index >= 15 is 0 Å². The monoisotopic (exact) mass is 329 g/mol. The summed E-state index contributed by atoms with van der Waals surface area (Å²) in [5, 5.41) is 0. The molecule has 3 heterocycles. The van der Waals surface area contributed by atoms with Crippen LogP contribution in [0.15, 0.2) is 29.0 Å². The first-order chi connectivity index (χ1) is 9.03. The molecule has 0 N–H and O–H groups in total. The molecule has 3 nitrogen and oxygen atoms in total. The molecule has 0 atom stereocenters. The Morgan fingerprint density at radius 3 is 2.74 bits per heavy atom. The van der Waals surface area contributed by atoms with Crippen LogP contribution in [-0.4, -0.2) is 33.3 Å². The lowest BCUT2D eigenvalue weighted by Gasteiger charge is -2.31. The van der Waals surface area contributed by atoms with Gasteiger partial charge in [0.2, 0.25) is 0 Å². The van der Waals surface area contributed by atoms with Crippen molar-refractivity contribution < 1.29 is 8.78 Å². The zero-order chi connectivity index (χ0) is 13.5. The topological polar surface area (TPSA) is 20.5 Å². The summed E-state index contributed by atoms with van der Waals surface area (Å²) in [5.41, 5.74) is 1.90. The summed E-state index contributed by atoms with van der Waals surface area (Å²) in [6, 6.07) is 3.87. The maximum Gasteiger partial charge on any atom is 0.250 e. The van der Waals surface area contributed by atoms with E-state index in [-0.39, 0.29) is 12.8 Å². The van der Waals surface area contributed by atoms with Gasteiger partial charge in [-0.25, -0.2) is 13.8 Å². The van der Waals surface area contributed by atoms with Gasteiger partial charge in [-0.1, -0.05) is 0 Å². The third-order valence-electron chi connectivity index (χ3n) is 3.52. The molecule has 19 heavy (non-hydrogen) atoms. The van der Waals surface area contributed by atoms with Crippen molar-refractivity contribution in [2.75, 3.05) is 13.1 Å². The van der Waals surface area contributed by atoms with Gasteiger partial charge in [-0.05, 0) is 28.1 Å². The van der Waals surface area contributed by atoms with Gasteiger partial charge in [0.25, 0.3) is 5.92 Å². The van der Waals surface area contributed by atoms with Gasteiger partial charge >= 0.3 is 0 Å². The molecule has 6 heteroatoms. The highest BCUT2D eigenvalue weighted by molar-refractivity contribution is 9.10. The minimum Gasteiger partial charge on any atom is -0.302 e. The Morgan fingerprint density at radius 1 is 1.26 bits per heavy atom. The van der Waals surface area contributed by atoms with Crippen molar-refractivity contribution in [2.24, 2.45) is 0 Å². The molecule has 1 saturated heterocycles. The first-order valence-corrected chi connectivity index (χ1v) is 7.04. The number of nitrogens with zero attached hydrogens (tertiary/aromatic N) is 3. The molecule has 3 rings (SSSR count). The molecule has 2 aromatic rings. The number of pyridine rings is 1. The second-order valence-electron chi connectivity index (χ2n) is 4.96. The molecule has 1 fully saturated rings. The SMILES string of the molecule is FC1(F)CCN(Cc2cnc3ccc(Br)cn23)CC1. The fraction of sp³-hybridized carbons (Fsp3) is 0.462. The number of alkyl halides is 2. The van der Waals surface area contributed by atoms with E-state index in [0.717, 1.165) is 15.8 Å². The Kier molecular flexibility index (Phi) is 3.30. The van der Waals surface area contributed by atoms with Crippen molar-refractivity contribution in [3.63, 3.8) is 0 Å². The van der Waals surface area contributed by atoms with Crippen LogP contribution in [0.4, 0.5) is 8.78 Å². The molecule has 0 radical (unpaired) electrons. The minimum absolute atomic E-state index is 0.0482. The quantitative estimate of drug-likeness (QED) is 0.842. The largest absolute Gasteiger partial charge is 0.302 e. The first kappa shape index (κ1) is 13.0. The Hall–Kier alpha value is -1.01. The lowest BCUT2D eigenvalue weighted by molar-refractivity contribution is -0.0568. The number of piperidine rings is 1. The average Bonchev–Trinajstić information content (AvgIpc) is 2.75. The number of rotatable bonds is 2. The van der Waals surface area contributed by atoms with E-state index in [9.17, 15) is 8.78 Å². The number of fused-ring (bicyclic) bond motifs is 1. The second kappa shape index (κ2) is 4.83. The predicted molar refractivity (Wildman–Crippen MR) is 72.4 cm³/mol. The fourth-order valence-corrected chi connectivity index (χ4v) is 2.73. The number of hydrogen-bond acceptors (Lipinski definition) is 2. The third kappa shape index (κ3) is 2.79. The zero-order valence-electron chi connectivity index (χ0n) is 10.3. The van der Waals surface area contributed by atoms with Crippen LogP contribution < -0.4 is 0 Å². The van der Waals surface area contributed by atoms with Crippen LogP contribution in [0.5, 0.6) is 0 Å². The molecule has 1 aliphatic heterocycles. The maximum absolute atomic E-state index is 13.1. The summed E-state index contributed by atoms with van der Waals surface area (Å²) in [6.45, 7) is 1.54. The number of aromatic nitrogens is 2. The Morgan fingerprint density at radius 2 is 2.00 bits per heavy atom. The molecule has 1 aliphatic rings. The fourth-order valence-electron chi connectivity index (χ4n) is 2.39. The summed E-state index contributed by atoms with van der Waals surface area (Å²) >= 11 is 3.43. The van der Waals surface area contributed by atoms with Crippen LogP contribution in [0.1, 0.15) is 18.5 Å². The van der Waals surface area contributed by atoms with Crippen LogP contribution in [0, 0.1) is 0 Å². The van der Waals surface area contributed by atoms with E-state index < -0.39 is 5.92 Å². The molecule has 0 saturated carbocycles. The number of likely N-dealkylation sites (tertiary alicyclic amines) is 1. The maximum atomic E-state index is 13.1. The Bertz CT molecular complexity index is 587. The van der Waals surface area contributed by atoms with E-state index in [1.807, 2.05) is 28.9 Å². The molecule has 0 aromatic carbocycles. The van der Waals surface area contributed by atoms with Crippen molar-refractivity contribution in [1.29, 1.82) is 0 Å². The van der Waals surface area contributed by atoms with E-state index in [0.29, 0.717) is 19.6 Å². The summed E-state index contributed by atoms with van der Waals surface area (Å²) in [5.74, 6) is -2.49. The van der Waals surface area contributed by atoms with Crippen LogP contribution >= 0.6 is 15.9 Å². The van der Waals surface area contributed by atoms with Gasteiger partial charge in [-0.2, -0.15) is 0 Å². The predicted octanol–water partition coefficient (Wildman–Crippen LogP) is 3.33. The summed E-state index contributed by atoms with van der Waals surface area (Å²) in [6.07, 6.45) is 3.67. The normalized spacial score (nSPS) is 19.9. The number of imidazole rings is 1. The highest BCUT2D eigenvalue weighted by Crippen LogP contribution is 2.28. The lowest BCUT2D eigenvalue weighted by atomic mass is 10.1. The van der Waals surface area contributed by atoms with E-state index in [2.05, 4.69) is 25.8 Å². The van der Waals surface area contributed by atoms with Gasteiger partial charge in [0.1, 0.15) is 5.65 Å². The average molecular weight is 330 g/mol.